The Hall–Kier alpha value is -0.830. The molecule has 0 aliphatic heterocycles. The van der Waals surface area contributed by atoms with E-state index in [0.717, 1.165) is 23.8 Å². The first-order valence-electron chi connectivity index (χ1n) is 5.81. The Bertz CT molecular complexity index is 375. The van der Waals surface area contributed by atoms with E-state index in [2.05, 4.69) is 35.8 Å². The largest absolute Gasteiger partial charge is 0.359 e. The molecule has 1 aromatic heterocycles. The van der Waals surface area contributed by atoms with Gasteiger partial charge in [0.05, 0.1) is 0 Å². The molecule has 2 rings (SSSR count). The van der Waals surface area contributed by atoms with Gasteiger partial charge >= 0.3 is 0 Å². The van der Waals surface area contributed by atoms with Crippen molar-refractivity contribution in [2.24, 2.45) is 5.92 Å². The number of hydrogen-bond acceptors (Lipinski definition) is 3. The molecule has 0 saturated heterocycles. The van der Waals surface area contributed by atoms with E-state index in [1.807, 2.05) is 0 Å². The van der Waals surface area contributed by atoms with Crippen LogP contribution in [-0.4, -0.2) is 23.6 Å². The minimum absolute atomic E-state index is 0.352. The fraction of sp³-hybridized carbons (Fsp3) is 0.667. The second kappa shape index (κ2) is 4.58. The molecule has 0 amide bonds. The molecule has 1 aliphatic carbocycles. The zero-order valence-electron chi connectivity index (χ0n) is 10.1. The summed E-state index contributed by atoms with van der Waals surface area (Å²) in [7, 11) is 2.09. The molecule has 0 spiro atoms. The van der Waals surface area contributed by atoms with Crippen molar-refractivity contribution in [2.45, 2.75) is 32.6 Å². The van der Waals surface area contributed by atoms with Gasteiger partial charge in [-0.05, 0) is 24.7 Å². The molecule has 0 N–H and O–H groups in total. The second-order valence-electron chi connectivity index (χ2n) is 4.88. The van der Waals surface area contributed by atoms with Crippen molar-refractivity contribution < 1.29 is 0 Å². The summed E-state index contributed by atoms with van der Waals surface area (Å²) in [5, 5.41) is 0.586. The van der Waals surface area contributed by atoms with E-state index >= 15 is 0 Å². The van der Waals surface area contributed by atoms with Gasteiger partial charge in [0.25, 0.3) is 0 Å². The van der Waals surface area contributed by atoms with Crippen molar-refractivity contribution in [3.8, 4) is 0 Å². The van der Waals surface area contributed by atoms with Crippen LogP contribution in [0.2, 0.25) is 5.15 Å². The van der Waals surface area contributed by atoms with Gasteiger partial charge in [-0.2, -0.15) is 0 Å². The summed E-state index contributed by atoms with van der Waals surface area (Å²) in [5.74, 6) is 2.19. The topological polar surface area (TPSA) is 29.0 Å². The van der Waals surface area contributed by atoms with E-state index in [4.69, 9.17) is 11.6 Å². The number of hydrogen-bond donors (Lipinski definition) is 0. The number of aromatic nitrogens is 2. The Balaban J connectivity index is 2.26. The molecule has 3 nitrogen and oxygen atoms in total. The van der Waals surface area contributed by atoms with Gasteiger partial charge in [0.15, 0.2) is 0 Å². The minimum Gasteiger partial charge on any atom is -0.359 e. The van der Waals surface area contributed by atoms with Gasteiger partial charge in [-0.25, -0.2) is 9.97 Å². The highest BCUT2D eigenvalue weighted by atomic mass is 35.5. The van der Waals surface area contributed by atoms with E-state index in [0.29, 0.717) is 11.1 Å². The number of nitrogens with zero attached hydrogens (tertiary/aromatic N) is 3. The lowest BCUT2D eigenvalue weighted by atomic mass is 10.1. The number of halogens is 1. The Morgan fingerprint density at radius 2 is 2.12 bits per heavy atom. The average Bonchev–Trinajstić information content (AvgIpc) is 3.00. The van der Waals surface area contributed by atoms with E-state index < -0.39 is 0 Å². The Kier molecular flexibility index (Phi) is 3.33. The first-order chi connectivity index (χ1) is 7.59. The molecule has 0 bridgehead atoms. The normalized spacial score (nSPS) is 15.6. The standard InChI is InChI=1S/C12H18ClN3/c1-8(2)10-11(13)14-7-15-12(10)16(3)6-9-4-5-9/h7-9H,4-6H2,1-3H3. The molecule has 0 radical (unpaired) electrons. The van der Waals surface area contributed by atoms with Crippen LogP contribution < -0.4 is 4.90 Å². The van der Waals surface area contributed by atoms with Crippen molar-refractivity contribution in [1.29, 1.82) is 0 Å². The molecule has 1 saturated carbocycles. The maximum atomic E-state index is 6.14. The summed E-state index contributed by atoms with van der Waals surface area (Å²) < 4.78 is 0. The zero-order valence-corrected chi connectivity index (χ0v) is 10.8. The Morgan fingerprint density at radius 1 is 1.44 bits per heavy atom. The molecule has 0 atom stereocenters. The molecule has 1 fully saturated rings. The highest BCUT2D eigenvalue weighted by Crippen LogP contribution is 2.34. The highest BCUT2D eigenvalue weighted by Gasteiger charge is 2.25. The van der Waals surface area contributed by atoms with Crippen LogP contribution in [0.15, 0.2) is 6.33 Å². The fourth-order valence-corrected chi connectivity index (χ4v) is 2.29. The molecule has 16 heavy (non-hydrogen) atoms. The van der Waals surface area contributed by atoms with Crippen molar-refractivity contribution in [3.63, 3.8) is 0 Å². The highest BCUT2D eigenvalue weighted by molar-refractivity contribution is 6.30. The molecule has 1 aliphatic rings. The van der Waals surface area contributed by atoms with Gasteiger partial charge in [-0.1, -0.05) is 25.4 Å². The van der Waals surface area contributed by atoms with Crippen LogP contribution in [-0.2, 0) is 0 Å². The third kappa shape index (κ3) is 2.46. The lowest BCUT2D eigenvalue weighted by Gasteiger charge is -2.22. The first-order valence-corrected chi connectivity index (χ1v) is 6.19. The van der Waals surface area contributed by atoms with Crippen molar-refractivity contribution in [1.82, 2.24) is 9.97 Å². The van der Waals surface area contributed by atoms with Crippen LogP contribution >= 0.6 is 11.6 Å². The van der Waals surface area contributed by atoms with Crippen LogP contribution in [0, 0.1) is 5.92 Å². The molecule has 1 heterocycles. The van der Waals surface area contributed by atoms with Gasteiger partial charge in [-0.3, -0.25) is 0 Å². The molecule has 0 unspecified atom stereocenters. The monoisotopic (exact) mass is 239 g/mol. The molecule has 1 aromatic rings. The smallest absolute Gasteiger partial charge is 0.138 e. The molecule has 0 aromatic carbocycles. The number of anilines is 1. The van der Waals surface area contributed by atoms with Crippen LogP contribution in [0.5, 0.6) is 0 Å². The van der Waals surface area contributed by atoms with E-state index in [1.165, 1.54) is 12.8 Å². The van der Waals surface area contributed by atoms with E-state index in [9.17, 15) is 0 Å². The quantitative estimate of drug-likeness (QED) is 0.756. The van der Waals surface area contributed by atoms with Gasteiger partial charge < -0.3 is 4.90 Å². The maximum Gasteiger partial charge on any atom is 0.138 e. The SMILES string of the molecule is CC(C)c1c(Cl)ncnc1N(C)CC1CC1. The third-order valence-electron chi connectivity index (χ3n) is 2.98. The first kappa shape index (κ1) is 11.6. The summed E-state index contributed by atoms with van der Waals surface area (Å²) >= 11 is 6.14. The van der Waals surface area contributed by atoms with Crippen LogP contribution in [0.4, 0.5) is 5.82 Å². The summed E-state index contributed by atoms with van der Waals surface area (Å²) in [6.07, 6.45) is 4.24. The lowest BCUT2D eigenvalue weighted by molar-refractivity contribution is 0.754. The third-order valence-corrected chi connectivity index (χ3v) is 3.28. The average molecular weight is 240 g/mol. The fourth-order valence-electron chi connectivity index (χ4n) is 1.94. The summed E-state index contributed by atoms with van der Waals surface area (Å²) in [6, 6.07) is 0. The van der Waals surface area contributed by atoms with E-state index in [1.54, 1.807) is 6.33 Å². The summed E-state index contributed by atoms with van der Waals surface area (Å²) in [4.78, 5) is 10.6. The second-order valence-corrected chi connectivity index (χ2v) is 5.24. The van der Waals surface area contributed by atoms with Gasteiger partial charge in [0.1, 0.15) is 17.3 Å². The summed E-state index contributed by atoms with van der Waals surface area (Å²) in [5.41, 5.74) is 1.06. The number of rotatable bonds is 4. The molecule has 4 heteroatoms. The van der Waals surface area contributed by atoms with Gasteiger partial charge in [0, 0.05) is 19.2 Å². The summed E-state index contributed by atoms with van der Waals surface area (Å²) in [6.45, 7) is 5.32. The molecular formula is C12H18ClN3. The maximum absolute atomic E-state index is 6.14. The van der Waals surface area contributed by atoms with Crippen molar-refractivity contribution in [3.05, 3.63) is 17.0 Å². The van der Waals surface area contributed by atoms with Gasteiger partial charge in [-0.15, -0.1) is 0 Å². The predicted octanol–water partition coefficient (Wildman–Crippen LogP) is 3.10. The minimum atomic E-state index is 0.352. The molecular weight excluding hydrogens is 222 g/mol. The Labute approximate surface area is 102 Å². The van der Waals surface area contributed by atoms with Crippen LogP contribution in [0.25, 0.3) is 0 Å². The van der Waals surface area contributed by atoms with Crippen molar-refractivity contribution in [2.75, 3.05) is 18.5 Å². The molecule has 88 valence electrons. The van der Waals surface area contributed by atoms with Crippen molar-refractivity contribution >= 4 is 17.4 Å². The lowest BCUT2D eigenvalue weighted by Crippen LogP contribution is -2.23. The van der Waals surface area contributed by atoms with Crippen LogP contribution in [0.3, 0.4) is 0 Å². The zero-order chi connectivity index (χ0) is 11.7. The van der Waals surface area contributed by atoms with Crippen LogP contribution in [0.1, 0.15) is 38.2 Å². The van der Waals surface area contributed by atoms with Gasteiger partial charge in [0.2, 0.25) is 0 Å². The predicted molar refractivity (Wildman–Crippen MR) is 67.1 cm³/mol. The van der Waals surface area contributed by atoms with E-state index in [-0.39, 0.29) is 0 Å². The Morgan fingerprint density at radius 3 is 2.69 bits per heavy atom.